The highest BCUT2D eigenvalue weighted by atomic mass is 35.5. The topological polar surface area (TPSA) is 61.5 Å². The Kier molecular flexibility index (Phi) is 4.01. The van der Waals surface area contributed by atoms with E-state index in [1.54, 1.807) is 30.0 Å². The Bertz CT molecular complexity index is 1150. The molecule has 0 atom stereocenters. The van der Waals surface area contributed by atoms with Crippen molar-refractivity contribution >= 4 is 45.2 Å². The van der Waals surface area contributed by atoms with Crippen LogP contribution in [-0.4, -0.2) is 20.9 Å². The zero-order chi connectivity index (χ0) is 17.6. The van der Waals surface area contributed by atoms with Crippen LogP contribution < -0.4 is 5.56 Å². The van der Waals surface area contributed by atoms with Crippen molar-refractivity contribution in [3.05, 3.63) is 57.7 Å². The normalized spacial score (nSPS) is 11.5. The Labute approximate surface area is 151 Å². The minimum atomic E-state index is -0.303. The average Bonchev–Trinajstić information content (AvgIpc) is 2.95. The molecule has 0 aliphatic rings. The predicted octanol–water partition coefficient (Wildman–Crippen LogP) is 4.98. The molecule has 2 aromatic heterocycles. The fraction of sp³-hybridized carbons (Fsp3) is 0.111. The number of aromatic amines is 2. The van der Waals surface area contributed by atoms with Gasteiger partial charge in [-0.2, -0.15) is 0 Å². The van der Waals surface area contributed by atoms with Gasteiger partial charge in [0, 0.05) is 10.9 Å². The molecule has 0 saturated heterocycles. The maximum absolute atomic E-state index is 13.4. The van der Waals surface area contributed by atoms with E-state index in [-0.39, 0.29) is 11.4 Å². The van der Waals surface area contributed by atoms with Gasteiger partial charge >= 0.3 is 0 Å². The van der Waals surface area contributed by atoms with E-state index in [9.17, 15) is 9.18 Å². The third kappa shape index (κ3) is 2.71. The van der Waals surface area contributed by atoms with Gasteiger partial charge in [0.2, 0.25) is 0 Å². The van der Waals surface area contributed by atoms with Crippen molar-refractivity contribution in [2.45, 2.75) is 11.8 Å². The number of halogens is 2. The molecule has 0 amide bonds. The van der Waals surface area contributed by atoms with Gasteiger partial charge in [-0.25, -0.2) is 9.37 Å². The van der Waals surface area contributed by atoms with Crippen LogP contribution >= 0.6 is 23.4 Å². The fourth-order valence-corrected chi connectivity index (χ4v) is 4.10. The van der Waals surface area contributed by atoms with Gasteiger partial charge in [-0.3, -0.25) is 15.0 Å². The number of thioether (sulfide) groups is 1. The number of fused-ring (bicyclic) bond motifs is 2. The van der Waals surface area contributed by atoms with Gasteiger partial charge in [-0.05, 0) is 35.6 Å². The summed E-state index contributed by atoms with van der Waals surface area (Å²) in [6, 6.07) is 9.86. The van der Waals surface area contributed by atoms with E-state index in [1.165, 1.54) is 12.1 Å². The number of hydrogen-bond acceptors (Lipinski definition) is 3. The molecular weight excluding hydrogens is 361 g/mol. The number of aromatic nitrogens is 3. The zero-order valence-corrected chi connectivity index (χ0v) is 14.8. The highest BCUT2D eigenvalue weighted by molar-refractivity contribution is 7.99. The Balaban J connectivity index is 2.15. The Morgan fingerprint density at radius 3 is 2.64 bits per heavy atom. The van der Waals surface area contributed by atoms with Crippen LogP contribution in [0.2, 0.25) is 5.15 Å². The quantitative estimate of drug-likeness (QED) is 0.393. The van der Waals surface area contributed by atoms with Gasteiger partial charge in [0.05, 0.1) is 21.3 Å². The second kappa shape index (κ2) is 6.20. The van der Waals surface area contributed by atoms with E-state index in [0.29, 0.717) is 21.6 Å². The van der Waals surface area contributed by atoms with Crippen molar-refractivity contribution in [2.75, 3.05) is 5.75 Å². The summed E-state index contributed by atoms with van der Waals surface area (Å²) < 4.78 is 13.4. The van der Waals surface area contributed by atoms with Crippen molar-refractivity contribution in [3.8, 4) is 11.1 Å². The van der Waals surface area contributed by atoms with E-state index in [2.05, 4.69) is 15.2 Å². The van der Waals surface area contributed by atoms with Crippen LogP contribution in [-0.2, 0) is 0 Å². The SMILES string of the molecule is CCSc1c(Cl)nc2cc3[nH][nH]c(=O)c3cc2c1-c1ccc(F)cc1. The summed E-state index contributed by atoms with van der Waals surface area (Å²) in [6.45, 7) is 2.03. The molecule has 4 aromatic rings. The van der Waals surface area contributed by atoms with Gasteiger partial charge in [0.25, 0.3) is 5.56 Å². The molecule has 126 valence electrons. The highest BCUT2D eigenvalue weighted by Gasteiger charge is 2.17. The van der Waals surface area contributed by atoms with Crippen LogP contribution in [0, 0.1) is 5.82 Å². The molecule has 4 rings (SSSR count). The molecule has 2 aromatic carbocycles. The number of nitrogens with zero attached hydrogens (tertiary/aromatic N) is 1. The maximum Gasteiger partial charge on any atom is 0.271 e. The smallest absolute Gasteiger partial charge is 0.271 e. The second-order valence-corrected chi connectivity index (χ2v) is 7.17. The molecular formula is C18H13ClFN3OS. The molecule has 0 aliphatic carbocycles. The number of nitrogens with one attached hydrogen (secondary N) is 2. The third-order valence-electron chi connectivity index (χ3n) is 4.02. The first kappa shape index (κ1) is 16.2. The minimum Gasteiger partial charge on any atom is -0.297 e. The number of hydrogen-bond donors (Lipinski definition) is 2. The number of pyridine rings is 1. The molecule has 2 N–H and O–H groups in total. The van der Waals surface area contributed by atoms with Crippen LogP contribution in [0.4, 0.5) is 4.39 Å². The van der Waals surface area contributed by atoms with Gasteiger partial charge in [-0.1, -0.05) is 30.7 Å². The Morgan fingerprint density at radius 1 is 1.16 bits per heavy atom. The van der Waals surface area contributed by atoms with Gasteiger partial charge < -0.3 is 0 Å². The van der Waals surface area contributed by atoms with Gasteiger partial charge in [0.15, 0.2) is 0 Å². The van der Waals surface area contributed by atoms with Gasteiger partial charge in [0.1, 0.15) is 11.0 Å². The van der Waals surface area contributed by atoms with Gasteiger partial charge in [-0.15, -0.1) is 11.8 Å². The standard InChI is InChI=1S/C18H13ClFN3OS/c1-2-25-16-15(9-3-5-10(20)6-4-9)11-7-12-14(22-23-18(12)24)8-13(11)21-17(16)19/h3-8H,2H2,1H3,(H2,22,23,24). The van der Waals surface area contributed by atoms with Crippen molar-refractivity contribution in [1.82, 2.24) is 15.2 Å². The van der Waals surface area contributed by atoms with Crippen molar-refractivity contribution in [2.24, 2.45) is 0 Å². The first-order valence-corrected chi connectivity index (χ1v) is 9.07. The molecule has 0 aliphatic heterocycles. The lowest BCUT2D eigenvalue weighted by molar-refractivity contribution is 0.628. The first-order chi connectivity index (χ1) is 12.1. The van der Waals surface area contributed by atoms with E-state index >= 15 is 0 Å². The summed E-state index contributed by atoms with van der Waals surface area (Å²) in [5.41, 5.74) is 2.85. The molecule has 7 heteroatoms. The largest absolute Gasteiger partial charge is 0.297 e. The van der Waals surface area contributed by atoms with E-state index in [0.717, 1.165) is 27.2 Å². The predicted molar refractivity (Wildman–Crippen MR) is 101 cm³/mol. The molecule has 2 heterocycles. The summed E-state index contributed by atoms with van der Waals surface area (Å²) in [6.07, 6.45) is 0. The molecule has 4 nitrogen and oxygen atoms in total. The van der Waals surface area contributed by atoms with Crippen LogP contribution in [0.25, 0.3) is 32.9 Å². The van der Waals surface area contributed by atoms with Crippen molar-refractivity contribution in [3.63, 3.8) is 0 Å². The van der Waals surface area contributed by atoms with Crippen LogP contribution in [0.3, 0.4) is 0 Å². The third-order valence-corrected chi connectivity index (χ3v) is 5.38. The molecule has 0 radical (unpaired) electrons. The molecule has 0 saturated carbocycles. The molecule has 0 bridgehead atoms. The van der Waals surface area contributed by atoms with Crippen LogP contribution in [0.5, 0.6) is 0 Å². The first-order valence-electron chi connectivity index (χ1n) is 7.71. The molecule has 0 fully saturated rings. The zero-order valence-electron chi connectivity index (χ0n) is 13.2. The summed E-state index contributed by atoms with van der Waals surface area (Å²) >= 11 is 8.01. The molecule has 0 unspecified atom stereocenters. The Hall–Kier alpha value is -2.31. The number of benzene rings is 2. The fourth-order valence-electron chi connectivity index (χ4n) is 2.92. The van der Waals surface area contributed by atoms with Crippen molar-refractivity contribution < 1.29 is 4.39 Å². The van der Waals surface area contributed by atoms with Crippen LogP contribution in [0.1, 0.15) is 6.92 Å². The van der Waals surface area contributed by atoms with Crippen molar-refractivity contribution in [1.29, 1.82) is 0 Å². The lowest BCUT2D eigenvalue weighted by Crippen LogP contribution is -1.98. The monoisotopic (exact) mass is 373 g/mol. The number of H-pyrrole nitrogens is 2. The van der Waals surface area contributed by atoms with E-state index in [1.807, 2.05) is 13.0 Å². The highest BCUT2D eigenvalue weighted by Crippen LogP contribution is 2.41. The lowest BCUT2D eigenvalue weighted by atomic mass is 10.00. The molecule has 25 heavy (non-hydrogen) atoms. The second-order valence-electron chi connectivity index (χ2n) is 5.54. The maximum atomic E-state index is 13.4. The van der Waals surface area contributed by atoms with E-state index < -0.39 is 0 Å². The summed E-state index contributed by atoms with van der Waals surface area (Å²) in [5.74, 6) is 0.510. The number of rotatable bonds is 3. The summed E-state index contributed by atoms with van der Waals surface area (Å²) in [7, 11) is 0. The minimum absolute atomic E-state index is 0.193. The van der Waals surface area contributed by atoms with E-state index in [4.69, 9.17) is 11.6 Å². The lowest BCUT2D eigenvalue weighted by Gasteiger charge is -2.14. The van der Waals surface area contributed by atoms with Crippen LogP contribution in [0.15, 0.2) is 46.1 Å². The average molecular weight is 374 g/mol. The summed E-state index contributed by atoms with van der Waals surface area (Å²) in [4.78, 5) is 17.3. The molecule has 0 spiro atoms. The Morgan fingerprint density at radius 2 is 1.92 bits per heavy atom. The summed E-state index contributed by atoms with van der Waals surface area (Å²) in [5, 5.41) is 7.16.